The Balaban J connectivity index is 0. The Bertz CT molecular complexity index is 653. The molecule has 0 saturated heterocycles. The predicted octanol–water partition coefficient (Wildman–Crippen LogP) is 10.1. The first kappa shape index (κ1) is 29.7. The molecule has 0 N–H and O–H groups in total. The van der Waals surface area contributed by atoms with Gasteiger partial charge in [0, 0.05) is 5.03 Å². The van der Waals surface area contributed by atoms with Crippen LogP contribution in [0.15, 0.2) is 65.3 Å². The SMILES string of the molecule is C.C=C(Cl)/C=C(\C=C(/C)CCCCCC(=C)C)Cc1c(C)cccc1C.CCC. The number of halogens is 1. The predicted molar refractivity (Wildman–Crippen MR) is 137 cm³/mol. The second-order valence-electron chi connectivity index (χ2n) is 7.93. The highest BCUT2D eigenvalue weighted by Crippen LogP contribution is 2.22. The quantitative estimate of drug-likeness (QED) is 0.202. The van der Waals surface area contributed by atoms with Gasteiger partial charge in [0.2, 0.25) is 0 Å². The van der Waals surface area contributed by atoms with Crippen LogP contribution < -0.4 is 0 Å². The Kier molecular flexibility index (Phi) is 17.7. The van der Waals surface area contributed by atoms with Gasteiger partial charge in [-0.05, 0) is 88.1 Å². The molecule has 0 fully saturated rings. The van der Waals surface area contributed by atoms with Crippen LogP contribution in [0.5, 0.6) is 0 Å². The molecule has 0 aliphatic rings. The van der Waals surface area contributed by atoms with Crippen molar-refractivity contribution < 1.29 is 0 Å². The van der Waals surface area contributed by atoms with Gasteiger partial charge in [0.15, 0.2) is 0 Å². The van der Waals surface area contributed by atoms with Crippen molar-refractivity contribution in [1.82, 2.24) is 0 Å². The summed E-state index contributed by atoms with van der Waals surface area (Å²) in [5.41, 5.74) is 7.97. The van der Waals surface area contributed by atoms with Gasteiger partial charge in [0.05, 0.1) is 0 Å². The van der Waals surface area contributed by atoms with Crippen LogP contribution in [0.3, 0.4) is 0 Å². The van der Waals surface area contributed by atoms with E-state index in [-0.39, 0.29) is 7.43 Å². The molecular weight excluding hydrogens is 372 g/mol. The average molecular weight is 417 g/mol. The summed E-state index contributed by atoms with van der Waals surface area (Å²) >= 11 is 6.07. The molecule has 29 heavy (non-hydrogen) atoms. The number of benzene rings is 1. The fourth-order valence-electron chi connectivity index (χ4n) is 3.07. The standard InChI is InChI=1S/C24H33Cl.C3H8.CH4/c1-18(2)11-8-7-9-12-19(3)15-23(16-22(6)25)17-24-20(4)13-10-14-21(24)5;1-3-2;/h10,13-16H,1,6-9,11-12,17H2,2-5H3;3H2,1-2H3;1H4/b19-15+,23-16+;;. The number of allylic oxidation sites excluding steroid dienone is 6. The lowest BCUT2D eigenvalue weighted by atomic mass is 9.94. The summed E-state index contributed by atoms with van der Waals surface area (Å²) in [6.45, 7) is 20.7. The first-order valence-electron chi connectivity index (χ1n) is 10.6. The maximum absolute atomic E-state index is 6.07. The molecule has 0 aliphatic carbocycles. The summed E-state index contributed by atoms with van der Waals surface area (Å²) in [6.07, 6.45) is 12.4. The van der Waals surface area contributed by atoms with Crippen LogP contribution in [0, 0.1) is 13.8 Å². The zero-order valence-electron chi connectivity index (χ0n) is 19.1. The van der Waals surface area contributed by atoms with Gasteiger partial charge in [0.1, 0.15) is 0 Å². The van der Waals surface area contributed by atoms with Crippen LogP contribution in [-0.4, -0.2) is 0 Å². The molecule has 1 rings (SSSR count). The minimum atomic E-state index is 0. The number of hydrogen-bond donors (Lipinski definition) is 0. The van der Waals surface area contributed by atoms with E-state index in [4.69, 9.17) is 11.6 Å². The Hall–Kier alpha value is -1.53. The fourth-order valence-corrected chi connectivity index (χ4v) is 3.21. The van der Waals surface area contributed by atoms with Crippen molar-refractivity contribution in [1.29, 1.82) is 0 Å². The fraction of sp³-hybridized carbons (Fsp3) is 0.500. The summed E-state index contributed by atoms with van der Waals surface area (Å²) in [5, 5.41) is 0.590. The van der Waals surface area contributed by atoms with E-state index in [0.717, 1.165) is 19.3 Å². The molecule has 0 aromatic heterocycles. The third-order valence-electron chi connectivity index (χ3n) is 4.47. The highest BCUT2D eigenvalue weighted by molar-refractivity contribution is 6.30. The van der Waals surface area contributed by atoms with E-state index in [1.807, 2.05) is 6.08 Å². The second-order valence-corrected chi connectivity index (χ2v) is 8.41. The van der Waals surface area contributed by atoms with Crippen molar-refractivity contribution in [3.63, 3.8) is 0 Å². The van der Waals surface area contributed by atoms with Crippen LogP contribution in [0.25, 0.3) is 0 Å². The molecule has 0 spiro atoms. The first-order chi connectivity index (χ1) is 13.2. The molecular formula is C28H45Cl. The zero-order valence-corrected chi connectivity index (χ0v) is 19.9. The lowest BCUT2D eigenvalue weighted by molar-refractivity contribution is 0.673. The van der Waals surface area contributed by atoms with Crippen LogP contribution in [0.2, 0.25) is 0 Å². The molecule has 0 heterocycles. The highest BCUT2D eigenvalue weighted by atomic mass is 35.5. The number of hydrogen-bond acceptors (Lipinski definition) is 0. The van der Waals surface area contributed by atoms with Gasteiger partial charge in [-0.3, -0.25) is 0 Å². The van der Waals surface area contributed by atoms with E-state index in [9.17, 15) is 0 Å². The van der Waals surface area contributed by atoms with Gasteiger partial charge >= 0.3 is 0 Å². The van der Waals surface area contributed by atoms with E-state index in [1.165, 1.54) is 59.1 Å². The third-order valence-corrected chi connectivity index (χ3v) is 4.58. The molecule has 0 nitrogen and oxygen atoms in total. The lowest BCUT2D eigenvalue weighted by Crippen LogP contribution is -1.96. The summed E-state index contributed by atoms with van der Waals surface area (Å²) in [6, 6.07) is 6.46. The van der Waals surface area contributed by atoms with Gasteiger partial charge in [0.25, 0.3) is 0 Å². The molecule has 0 saturated carbocycles. The zero-order chi connectivity index (χ0) is 21.5. The van der Waals surface area contributed by atoms with E-state index in [2.05, 4.69) is 79.0 Å². The van der Waals surface area contributed by atoms with E-state index < -0.39 is 0 Å². The number of rotatable bonds is 10. The molecule has 0 radical (unpaired) electrons. The van der Waals surface area contributed by atoms with Crippen LogP contribution in [0.4, 0.5) is 0 Å². The minimum Gasteiger partial charge on any atom is -0.100 e. The smallest absolute Gasteiger partial charge is 0.0337 e. The van der Waals surface area contributed by atoms with Gasteiger partial charge in [-0.1, -0.05) is 87.7 Å². The Morgan fingerprint density at radius 2 is 1.45 bits per heavy atom. The maximum Gasteiger partial charge on any atom is 0.0337 e. The van der Waals surface area contributed by atoms with Gasteiger partial charge in [-0.25, -0.2) is 0 Å². The van der Waals surface area contributed by atoms with Gasteiger partial charge in [-0.2, -0.15) is 0 Å². The van der Waals surface area contributed by atoms with Crippen molar-refractivity contribution in [3.05, 3.63) is 82.0 Å². The molecule has 0 bridgehead atoms. The molecule has 0 atom stereocenters. The molecule has 0 unspecified atom stereocenters. The highest BCUT2D eigenvalue weighted by Gasteiger charge is 2.05. The maximum atomic E-state index is 6.07. The van der Waals surface area contributed by atoms with Crippen molar-refractivity contribution in [2.75, 3.05) is 0 Å². The summed E-state index contributed by atoms with van der Waals surface area (Å²) in [5.74, 6) is 0. The lowest BCUT2D eigenvalue weighted by Gasteiger charge is -2.12. The van der Waals surface area contributed by atoms with E-state index in [0.29, 0.717) is 5.03 Å². The molecule has 1 aromatic rings. The number of unbranched alkanes of at least 4 members (excludes halogenated alkanes) is 2. The van der Waals surface area contributed by atoms with Crippen LogP contribution in [-0.2, 0) is 6.42 Å². The van der Waals surface area contributed by atoms with Crippen LogP contribution in [0.1, 0.15) is 90.3 Å². The van der Waals surface area contributed by atoms with Crippen molar-refractivity contribution >= 4 is 11.6 Å². The summed E-state index contributed by atoms with van der Waals surface area (Å²) in [4.78, 5) is 0. The summed E-state index contributed by atoms with van der Waals surface area (Å²) in [7, 11) is 0. The topological polar surface area (TPSA) is 0 Å². The second kappa shape index (κ2) is 17.3. The van der Waals surface area contributed by atoms with Crippen molar-refractivity contribution in [2.45, 2.75) is 93.9 Å². The van der Waals surface area contributed by atoms with E-state index >= 15 is 0 Å². The Morgan fingerprint density at radius 3 is 1.93 bits per heavy atom. The minimum absolute atomic E-state index is 0. The number of aryl methyl sites for hydroxylation is 2. The Morgan fingerprint density at radius 1 is 0.931 bits per heavy atom. The third kappa shape index (κ3) is 15.0. The summed E-state index contributed by atoms with van der Waals surface area (Å²) < 4.78 is 0. The molecule has 1 heteroatoms. The Labute approximate surface area is 187 Å². The van der Waals surface area contributed by atoms with Gasteiger partial charge < -0.3 is 0 Å². The normalized spacial score (nSPS) is 11.3. The van der Waals surface area contributed by atoms with Crippen molar-refractivity contribution in [3.8, 4) is 0 Å². The van der Waals surface area contributed by atoms with Crippen LogP contribution >= 0.6 is 11.6 Å². The van der Waals surface area contributed by atoms with E-state index in [1.54, 1.807) is 0 Å². The average Bonchev–Trinajstić information content (AvgIpc) is 2.57. The molecule has 0 aliphatic heterocycles. The largest absolute Gasteiger partial charge is 0.100 e. The first-order valence-corrected chi connectivity index (χ1v) is 11.0. The van der Waals surface area contributed by atoms with Crippen molar-refractivity contribution in [2.24, 2.45) is 0 Å². The molecule has 1 aromatic carbocycles. The monoisotopic (exact) mass is 416 g/mol. The van der Waals surface area contributed by atoms with Gasteiger partial charge in [-0.15, -0.1) is 6.58 Å². The molecule has 164 valence electrons. The molecule has 0 amide bonds.